The van der Waals surface area contributed by atoms with Gasteiger partial charge in [0.15, 0.2) is 0 Å². The monoisotopic (exact) mass is 263 g/mol. The van der Waals surface area contributed by atoms with Crippen LogP contribution in [0.3, 0.4) is 0 Å². The molecule has 0 aliphatic rings. The second kappa shape index (κ2) is 6.34. The largest absolute Gasteiger partial charge is 0.478 e. The van der Waals surface area contributed by atoms with Crippen molar-refractivity contribution in [1.82, 2.24) is 5.32 Å². The summed E-state index contributed by atoms with van der Waals surface area (Å²) in [6, 6.07) is 8.88. The average Bonchev–Trinajstić information content (AvgIpc) is 2.37. The van der Waals surface area contributed by atoms with Gasteiger partial charge in [0.25, 0.3) is 5.91 Å². The lowest BCUT2D eigenvalue weighted by atomic mass is 10.1. The molecule has 1 rings (SSSR count). The number of amides is 1. The molecular formula is C13H13NO5. The number of carboxylic acids is 2. The minimum Gasteiger partial charge on any atom is -0.478 e. The molecule has 0 unspecified atom stereocenters. The molecule has 0 saturated heterocycles. The van der Waals surface area contributed by atoms with E-state index in [-0.39, 0.29) is 6.54 Å². The highest BCUT2D eigenvalue weighted by Crippen LogP contribution is 2.06. The molecular weight excluding hydrogens is 250 g/mol. The zero-order valence-corrected chi connectivity index (χ0v) is 10.2. The fourth-order valence-corrected chi connectivity index (χ4v) is 1.40. The Labute approximate surface area is 109 Å². The van der Waals surface area contributed by atoms with E-state index >= 15 is 0 Å². The Hall–Kier alpha value is -2.63. The molecule has 0 fully saturated rings. The maximum absolute atomic E-state index is 11.7. The van der Waals surface area contributed by atoms with Crippen molar-refractivity contribution in [3.63, 3.8) is 0 Å². The van der Waals surface area contributed by atoms with Gasteiger partial charge in [0.05, 0.1) is 5.57 Å². The molecule has 0 saturated carbocycles. The first-order valence-electron chi connectivity index (χ1n) is 5.43. The van der Waals surface area contributed by atoms with Crippen LogP contribution in [0.5, 0.6) is 0 Å². The molecule has 6 heteroatoms. The molecule has 19 heavy (non-hydrogen) atoms. The fraction of sp³-hybridized carbons (Fsp3) is 0.154. The van der Waals surface area contributed by atoms with E-state index in [2.05, 4.69) is 5.32 Å². The molecule has 0 aromatic heterocycles. The van der Waals surface area contributed by atoms with Crippen LogP contribution in [0, 0.1) is 0 Å². The summed E-state index contributed by atoms with van der Waals surface area (Å²) in [6.45, 7) is 1.21. The topological polar surface area (TPSA) is 104 Å². The van der Waals surface area contributed by atoms with Gasteiger partial charge in [-0.05, 0) is 12.5 Å². The minimum absolute atomic E-state index is 0.128. The number of benzene rings is 1. The van der Waals surface area contributed by atoms with Crippen molar-refractivity contribution in [1.29, 1.82) is 0 Å². The summed E-state index contributed by atoms with van der Waals surface area (Å²) in [6.07, 6.45) is 0. The van der Waals surface area contributed by atoms with Crippen molar-refractivity contribution in [2.24, 2.45) is 0 Å². The zero-order chi connectivity index (χ0) is 14.4. The zero-order valence-electron chi connectivity index (χ0n) is 10.2. The van der Waals surface area contributed by atoms with E-state index in [9.17, 15) is 14.4 Å². The molecule has 1 aromatic rings. The lowest BCUT2D eigenvalue weighted by Crippen LogP contribution is -2.30. The van der Waals surface area contributed by atoms with Crippen molar-refractivity contribution < 1.29 is 24.6 Å². The van der Waals surface area contributed by atoms with E-state index in [0.29, 0.717) is 0 Å². The van der Waals surface area contributed by atoms with Crippen molar-refractivity contribution in [2.45, 2.75) is 13.5 Å². The number of aliphatic carboxylic acids is 2. The van der Waals surface area contributed by atoms with Crippen LogP contribution in [0.1, 0.15) is 12.5 Å². The molecule has 1 aromatic carbocycles. The molecule has 0 bridgehead atoms. The normalized spacial score (nSPS) is 11.4. The smallest absolute Gasteiger partial charge is 0.341 e. The number of nitrogens with one attached hydrogen (secondary N) is 1. The Balaban J connectivity index is 2.83. The van der Waals surface area contributed by atoms with Gasteiger partial charge in [-0.15, -0.1) is 0 Å². The lowest BCUT2D eigenvalue weighted by molar-refractivity contribution is -0.138. The highest BCUT2D eigenvalue weighted by Gasteiger charge is 2.23. The predicted molar refractivity (Wildman–Crippen MR) is 66.3 cm³/mol. The Bertz CT molecular complexity index is 533. The first-order valence-corrected chi connectivity index (χ1v) is 5.43. The molecule has 1 amide bonds. The van der Waals surface area contributed by atoms with Gasteiger partial charge in [0.2, 0.25) is 0 Å². The maximum atomic E-state index is 11.7. The van der Waals surface area contributed by atoms with Crippen LogP contribution in [0.25, 0.3) is 0 Å². The van der Waals surface area contributed by atoms with Crippen LogP contribution in [-0.2, 0) is 20.9 Å². The predicted octanol–water partition coefficient (Wildman–Crippen LogP) is 0.788. The van der Waals surface area contributed by atoms with E-state index in [0.717, 1.165) is 12.5 Å². The quantitative estimate of drug-likeness (QED) is 0.414. The SMILES string of the molecule is C/C(C(=O)O)=C(\C(=O)O)C(=O)NCc1ccccc1. The number of hydrogen-bond acceptors (Lipinski definition) is 3. The van der Waals surface area contributed by atoms with Crippen molar-refractivity contribution >= 4 is 17.8 Å². The average molecular weight is 263 g/mol. The Morgan fingerprint density at radius 2 is 1.63 bits per heavy atom. The lowest BCUT2D eigenvalue weighted by Gasteiger charge is -2.07. The highest BCUT2D eigenvalue weighted by molar-refractivity contribution is 6.19. The number of hydrogen-bond donors (Lipinski definition) is 3. The first-order chi connectivity index (χ1) is 8.93. The van der Waals surface area contributed by atoms with Gasteiger partial charge in [0.1, 0.15) is 5.57 Å². The molecule has 100 valence electrons. The Morgan fingerprint density at radius 1 is 1.05 bits per heavy atom. The molecule has 0 spiro atoms. The van der Waals surface area contributed by atoms with Gasteiger partial charge in [-0.1, -0.05) is 30.3 Å². The molecule has 0 aliphatic carbocycles. The minimum atomic E-state index is -1.56. The second-order valence-corrected chi connectivity index (χ2v) is 3.78. The van der Waals surface area contributed by atoms with Crippen molar-refractivity contribution in [3.8, 4) is 0 Å². The van der Waals surface area contributed by atoms with Crippen LogP contribution in [0.4, 0.5) is 0 Å². The third kappa shape index (κ3) is 3.95. The summed E-state index contributed by atoms with van der Waals surface area (Å²) in [7, 11) is 0. The van der Waals surface area contributed by atoms with Crippen LogP contribution < -0.4 is 5.32 Å². The number of carbonyl (C=O) groups is 3. The summed E-state index contributed by atoms with van der Waals surface area (Å²) in [4.78, 5) is 33.3. The maximum Gasteiger partial charge on any atom is 0.341 e. The number of rotatable bonds is 5. The van der Waals surface area contributed by atoms with Crippen LogP contribution >= 0.6 is 0 Å². The van der Waals surface area contributed by atoms with Gasteiger partial charge in [-0.25, -0.2) is 9.59 Å². The third-order valence-electron chi connectivity index (χ3n) is 2.43. The van der Waals surface area contributed by atoms with Gasteiger partial charge >= 0.3 is 11.9 Å². The van der Waals surface area contributed by atoms with Gasteiger partial charge in [0, 0.05) is 6.54 Å². The Morgan fingerprint density at radius 3 is 2.11 bits per heavy atom. The second-order valence-electron chi connectivity index (χ2n) is 3.78. The summed E-state index contributed by atoms with van der Waals surface area (Å²) in [5.41, 5.74) is -0.477. The summed E-state index contributed by atoms with van der Waals surface area (Å²) in [5.74, 6) is -3.92. The molecule has 0 atom stereocenters. The molecule has 0 heterocycles. The summed E-state index contributed by atoms with van der Waals surface area (Å²) < 4.78 is 0. The molecule has 0 aliphatic heterocycles. The van der Waals surface area contributed by atoms with E-state index in [4.69, 9.17) is 10.2 Å². The molecule has 6 nitrogen and oxygen atoms in total. The van der Waals surface area contributed by atoms with E-state index in [1.54, 1.807) is 24.3 Å². The van der Waals surface area contributed by atoms with Gasteiger partial charge < -0.3 is 15.5 Å². The van der Waals surface area contributed by atoms with Crippen LogP contribution in [-0.4, -0.2) is 28.1 Å². The van der Waals surface area contributed by atoms with Gasteiger partial charge in [-0.2, -0.15) is 0 Å². The standard InChI is InChI=1S/C13H13NO5/c1-8(12(16)17)10(13(18)19)11(15)14-7-9-5-3-2-4-6-9/h2-6H,7H2,1H3,(H,14,15)(H,16,17)(H,18,19)/b10-8+. The van der Waals surface area contributed by atoms with Crippen molar-refractivity contribution in [2.75, 3.05) is 0 Å². The third-order valence-corrected chi connectivity index (χ3v) is 2.43. The number of carbonyl (C=O) groups excluding carboxylic acids is 1. The Kier molecular flexibility index (Phi) is 4.82. The van der Waals surface area contributed by atoms with Gasteiger partial charge in [-0.3, -0.25) is 4.79 Å². The van der Waals surface area contributed by atoms with E-state index < -0.39 is 29.0 Å². The van der Waals surface area contributed by atoms with E-state index in [1.807, 2.05) is 6.07 Å². The number of carboxylic acid groups (broad SMARTS) is 2. The van der Waals surface area contributed by atoms with E-state index in [1.165, 1.54) is 0 Å². The van der Waals surface area contributed by atoms with Crippen molar-refractivity contribution in [3.05, 3.63) is 47.0 Å². The summed E-state index contributed by atoms with van der Waals surface area (Å²) >= 11 is 0. The fourth-order valence-electron chi connectivity index (χ4n) is 1.40. The van der Waals surface area contributed by atoms with Crippen LogP contribution in [0.15, 0.2) is 41.5 Å². The first kappa shape index (κ1) is 14.4. The highest BCUT2D eigenvalue weighted by atomic mass is 16.4. The summed E-state index contributed by atoms with van der Waals surface area (Å²) in [5, 5.41) is 20.0. The molecule has 3 N–H and O–H groups in total. The molecule has 0 radical (unpaired) electrons. The van der Waals surface area contributed by atoms with Crippen LogP contribution in [0.2, 0.25) is 0 Å².